The van der Waals surface area contributed by atoms with Crippen LogP contribution in [0.25, 0.3) is 0 Å². The predicted octanol–water partition coefficient (Wildman–Crippen LogP) is -1.97. The molecular formula is C9H26N4O3. The van der Waals surface area contributed by atoms with Crippen molar-refractivity contribution in [3.05, 3.63) is 0 Å². The first-order valence-electron chi connectivity index (χ1n) is 5.36. The van der Waals surface area contributed by atoms with E-state index in [1.165, 1.54) is 7.05 Å². The normalized spacial score (nSPS) is 9.75. The minimum absolute atomic E-state index is 0.551. The Balaban J connectivity index is 0. The predicted molar refractivity (Wildman–Crippen MR) is 63.8 cm³/mol. The summed E-state index contributed by atoms with van der Waals surface area (Å²) in [5.41, 5.74) is 12.2. The lowest BCUT2D eigenvalue weighted by Crippen LogP contribution is -2.26. The molecule has 0 fully saturated rings. The van der Waals surface area contributed by atoms with Crippen LogP contribution in [0.15, 0.2) is 0 Å². The second-order valence-corrected chi connectivity index (χ2v) is 2.58. The van der Waals surface area contributed by atoms with Gasteiger partial charge in [-0.25, -0.2) is 0 Å². The molecule has 0 unspecified atom stereocenters. The monoisotopic (exact) mass is 238 g/mol. The van der Waals surface area contributed by atoms with Crippen LogP contribution in [0.2, 0.25) is 0 Å². The molecule has 0 bridgehead atoms. The van der Waals surface area contributed by atoms with E-state index in [1.807, 2.05) is 0 Å². The third-order valence-electron chi connectivity index (χ3n) is 1.40. The number of hydrogen-bond acceptors (Lipinski definition) is 7. The third kappa shape index (κ3) is 19.3. The molecule has 100 valence electrons. The summed E-state index contributed by atoms with van der Waals surface area (Å²) in [6, 6.07) is 0. The molecule has 0 atom stereocenters. The van der Waals surface area contributed by atoms with E-state index in [0.29, 0.717) is 52.7 Å². The molecular weight excluding hydrogens is 212 g/mol. The van der Waals surface area contributed by atoms with Crippen LogP contribution >= 0.6 is 0 Å². The second-order valence-electron chi connectivity index (χ2n) is 2.58. The van der Waals surface area contributed by atoms with Gasteiger partial charge in [-0.1, -0.05) is 0 Å². The van der Waals surface area contributed by atoms with Gasteiger partial charge in [0.1, 0.15) is 0 Å². The van der Waals surface area contributed by atoms with Crippen molar-refractivity contribution in [3.8, 4) is 0 Å². The number of nitrogens with one attached hydrogen (secondary N) is 1. The smallest absolute Gasteiger partial charge is 0.0701 e. The van der Waals surface area contributed by atoms with E-state index in [-0.39, 0.29) is 0 Å². The summed E-state index contributed by atoms with van der Waals surface area (Å²) in [5, 5.41) is 0. The van der Waals surface area contributed by atoms with Gasteiger partial charge >= 0.3 is 0 Å². The van der Waals surface area contributed by atoms with Crippen molar-refractivity contribution in [2.45, 2.75) is 0 Å². The first-order chi connectivity index (χ1) is 7.91. The van der Waals surface area contributed by atoms with Gasteiger partial charge in [0.2, 0.25) is 0 Å². The molecule has 0 amide bonds. The molecule has 0 aliphatic carbocycles. The maximum absolute atomic E-state index is 5.24. The number of ether oxygens (including phenoxy) is 3. The molecule has 0 radical (unpaired) electrons. The summed E-state index contributed by atoms with van der Waals surface area (Å²) in [5.74, 6) is 5.05. The van der Waals surface area contributed by atoms with Crippen LogP contribution in [0.4, 0.5) is 0 Å². The van der Waals surface area contributed by atoms with Crippen molar-refractivity contribution >= 4 is 0 Å². The molecule has 0 rings (SSSR count). The molecule has 0 aromatic rings. The molecule has 0 aliphatic rings. The molecule has 0 heterocycles. The Morgan fingerprint density at radius 1 is 0.812 bits per heavy atom. The Kier molecular flexibility index (Phi) is 22.8. The lowest BCUT2D eigenvalue weighted by atomic mass is 10.7. The first kappa shape index (κ1) is 18.1. The van der Waals surface area contributed by atoms with Gasteiger partial charge in [0.05, 0.1) is 39.6 Å². The Morgan fingerprint density at radius 2 is 1.25 bits per heavy atom. The highest BCUT2D eigenvalue weighted by molar-refractivity contribution is 4.36. The van der Waals surface area contributed by atoms with Crippen LogP contribution in [0.3, 0.4) is 0 Å². The zero-order valence-electron chi connectivity index (χ0n) is 10.1. The zero-order chi connectivity index (χ0) is 12.5. The van der Waals surface area contributed by atoms with Gasteiger partial charge in [0.25, 0.3) is 0 Å². The average Bonchev–Trinajstić information content (AvgIpc) is 2.34. The fourth-order valence-electron chi connectivity index (χ4n) is 0.756. The molecule has 0 aliphatic heterocycles. The fourth-order valence-corrected chi connectivity index (χ4v) is 0.756. The largest absolute Gasteiger partial charge is 0.378 e. The summed E-state index contributed by atoms with van der Waals surface area (Å²) in [6.07, 6.45) is 0. The van der Waals surface area contributed by atoms with Crippen molar-refractivity contribution in [2.24, 2.45) is 17.3 Å². The van der Waals surface area contributed by atoms with E-state index >= 15 is 0 Å². The van der Waals surface area contributed by atoms with E-state index in [9.17, 15) is 0 Å². The fraction of sp³-hybridized carbons (Fsp3) is 1.00. The number of rotatable bonds is 11. The molecule has 0 saturated carbocycles. The van der Waals surface area contributed by atoms with E-state index in [2.05, 4.69) is 11.2 Å². The Hall–Kier alpha value is -0.280. The summed E-state index contributed by atoms with van der Waals surface area (Å²) in [6.45, 7) is 4.72. The lowest BCUT2D eigenvalue weighted by molar-refractivity contribution is 0.0166. The summed E-state index contributed by atoms with van der Waals surface area (Å²) < 4.78 is 15.5. The van der Waals surface area contributed by atoms with Gasteiger partial charge in [-0.3, -0.25) is 11.3 Å². The van der Waals surface area contributed by atoms with Gasteiger partial charge in [0.15, 0.2) is 0 Å². The van der Waals surface area contributed by atoms with Gasteiger partial charge in [-0.15, -0.1) is 0 Å². The van der Waals surface area contributed by atoms with Crippen LogP contribution in [-0.4, -0.2) is 59.8 Å². The molecule has 16 heavy (non-hydrogen) atoms. The van der Waals surface area contributed by atoms with Crippen LogP contribution in [-0.2, 0) is 14.2 Å². The second kappa shape index (κ2) is 20.2. The van der Waals surface area contributed by atoms with Crippen molar-refractivity contribution in [1.29, 1.82) is 0 Å². The lowest BCUT2D eigenvalue weighted by Gasteiger charge is -2.05. The van der Waals surface area contributed by atoms with Gasteiger partial charge in [-0.2, -0.15) is 0 Å². The SMILES string of the molecule is CN.NCCOCCOCCOCCNN. The number of nitrogens with two attached hydrogens (primary N) is 3. The van der Waals surface area contributed by atoms with E-state index < -0.39 is 0 Å². The molecule has 0 spiro atoms. The summed E-state index contributed by atoms with van der Waals surface area (Å²) in [7, 11) is 1.50. The van der Waals surface area contributed by atoms with E-state index in [0.717, 1.165) is 0 Å². The minimum Gasteiger partial charge on any atom is -0.378 e. The van der Waals surface area contributed by atoms with Gasteiger partial charge < -0.3 is 25.7 Å². The van der Waals surface area contributed by atoms with Crippen LogP contribution in [0.5, 0.6) is 0 Å². The first-order valence-corrected chi connectivity index (χ1v) is 5.36. The molecule has 7 N–H and O–H groups in total. The topological polar surface area (TPSA) is 118 Å². The molecule has 0 aromatic heterocycles. The highest BCUT2D eigenvalue weighted by atomic mass is 16.5. The van der Waals surface area contributed by atoms with Crippen molar-refractivity contribution in [3.63, 3.8) is 0 Å². The standard InChI is InChI=1S/C8H21N3O3.CH5N/c9-1-3-12-5-7-14-8-6-13-4-2-11-10;1-2/h11H,1-10H2;2H2,1H3. The van der Waals surface area contributed by atoms with Crippen LogP contribution in [0.1, 0.15) is 0 Å². The number of hydrazine groups is 1. The summed E-state index contributed by atoms with van der Waals surface area (Å²) in [4.78, 5) is 0. The van der Waals surface area contributed by atoms with Crippen molar-refractivity contribution in [1.82, 2.24) is 5.43 Å². The Labute approximate surface area is 97.5 Å². The summed E-state index contributed by atoms with van der Waals surface area (Å²) >= 11 is 0. The maximum atomic E-state index is 5.24. The molecule has 7 nitrogen and oxygen atoms in total. The van der Waals surface area contributed by atoms with E-state index in [4.69, 9.17) is 25.8 Å². The van der Waals surface area contributed by atoms with Crippen LogP contribution in [0, 0.1) is 0 Å². The van der Waals surface area contributed by atoms with E-state index in [1.54, 1.807) is 0 Å². The average molecular weight is 238 g/mol. The minimum atomic E-state index is 0.551. The Bertz CT molecular complexity index is 96.8. The Morgan fingerprint density at radius 3 is 1.69 bits per heavy atom. The maximum Gasteiger partial charge on any atom is 0.0701 e. The zero-order valence-corrected chi connectivity index (χ0v) is 10.1. The molecule has 0 aromatic carbocycles. The van der Waals surface area contributed by atoms with Crippen molar-refractivity contribution in [2.75, 3.05) is 59.8 Å². The quantitative estimate of drug-likeness (QED) is 0.187. The highest BCUT2D eigenvalue weighted by Gasteiger charge is 1.90. The number of hydrogen-bond donors (Lipinski definition) is 4. The van der Waals surface area contributed by atoms with Crippen molar-refractivity contribution < 1.29 is 14.2 Å². The van der Waals surface area contributed by atoms with Gasteiger partial charge in [0, 0.05) is 13.1 Å². The van der Waals surface area contributed by atoms with Gasteiger partial charge in [-0.05, 0) is 7.05 Å². The van der Waals surface area contributed by atoms with Crippen LogP contribution < -0.4 is 22.7 Å². The molecule has 7 heteroatoms. The molecule has 0 saturated heterocycles. The third-order valence-corrected chi connectivity index (χ3v) is 1.40. The highest BCUT2D eigenvalue weighted by Crippen LogP contribution is 1.80.